The van der Waals surface area contributed by atoms with Crippen molar-refractivity contribution in [1.82, 2.24) is 15.0 Å². The first kappa shape index (κ1) is 9.78. The summed E-state index contributed by atoms with van der Waals surface area (Å²) in [5.41, 5.74) is 9.04. The Kier molecular flexibility index (Phi) is 2.17. The van der Waals surface area contributed by atoms with Crippen molar-refractivity contribution in [3.05, 3.63) is 23.7 Å². The lowest BCUT2D eigenvalue weighted by Gasteiger charge is -2.06. The lowest BCUT2D eigenvalue weighted by atomic mass is 10.1. The van der Waals surface area contributed by atoms with Crippen molar-refractivity contribution in [3.8, 4) is 0 Å². The molecule has 4 heteroatoms. The van der Waals surface area contributed by atoms with Crippen molar-refractivity contribution < 1.29 is 0 Å². The normalized spacial score (nSPS) is 17.9. The lowest BCUT2D eigenvalue weighted by Crippen LogP contribution is -2.25. The number of pyridine rings is 1. The fraction of sp³-hybridized carbons (Fsp3) is 0.500. The Bertz CT molecular complexity index is 513. The van der Waals surface area contributed by atoms with Gasteiger partial charge in [-0.15, -0.1) is 0 Å². The van der Waals surface area contributed by atoms with E-state index in [0.717, 1.165) is 29.0 Å². The van der Waals surface area contributed by atoms with Gasteiger partial charge in [0.05, 0.1) is 5.52 Å². The van der Waals surface area contributed by atoms with Gasteiger partial charge in [-0.2, -0.15) is 0 Å². The van der Waals surface area contributed by atoms with Crippen LogP contribution in [-0.4, -0.2) is 21.0 Å². The Balaban J connectivity index is 1.86. The van der Waals surface area contributed by atoms with Crippen LogP contribution in [0, 0.1) is 12.8 Å². The zero-order chi connectivity index (χ0) is 11.1. The number of hydrogen-bond acceptors (Lipinski definition) is 3. The van der Waals surface area contributed by atoms with E-state index < -0.39 is 0 Å². The molecule has 2 aromatic rings. The fourth-order valence-electron chi connectivity index (χ4n) is 2.07. The standard InChI is InChI=1S/C12H16N4/c1-7-4-10-12(14-6-7)16-11(15-10)5-9(13)8-2-3-8/h4,6,8-9H,2-3,5,13H2,1H3,(H,14,15,16). The average Bonchev–Trinajstić information content (AvgIpc) is 3.00. The number of aromatic nitrogens is 3. The smallest absolute Gasteiger partial charge is 0.177 e. The molecule has 0 bridgehead atoms. The molecule has 3 rings (SSSR count). The molecule has 0 amide bonds. The molecule has 4 nitrogen and oxygen atoms in total. The summed E-state index contributed by atoms with van der Waals surface area (Å²) in [6, 6.07) is 2.32. The number of hydrogen-bond donors (Lipinski definition) is 2. The number of nitrogens with one attached hydrogen (secondary N) is 1. The molecule has 1 fully saturated rings. The van der Waals surface area contributed by atoms with Crippen molar-refractivity contribution in [2.24, 2.45) is 11.7 Å². The summed E-state index contributed by atoms with van der Waals surface area (Å²) in [7, 11) is 0. The van der Waals surface area contributed by atoms with Gasteiger partial charge >= 0.3 is 0 Å². The monoisotopic (exact) mass is 216 g/mol. The van der Waals surface area contributed by atoms with Gasteiger partial charge in [0, 0.05) is 18.7 Å². The van der Waals surface area contributed by atoms with Crippen molar-refractivity contribution in [3.63, 3.8) is 0 Å². The van der Waals surface area contributed by atoms with Crippen LogP contribution in [0.4, 0.5) is 0 Å². The summed E-state index contributed by atoms with van der Waals surface area (Å²) in [5, 5.41) is 0. The second-order valence-electron chi connectivity index (χ2n) is 4.77. The topological polar surface area (TPSA) is 67.6 Å². The minimum Gasteiger partial charge on any atom is -0.341 e. The number of rotatable bonds is 3. The van der Waals surface area contributed by atoms with Crippen LogP contribution in [0.3, 0.4) is 0 Å². The quantitative estimate of drug-likeness (QED) is 0.818. The molecular formula is C12H16N4. The Labute approximate surface area is 94.3 Å². The van der Waals surface area contributed by atoms with Gasteiger partial charge in [-0.3, -0.25) is 0 Å². The molecule has 0 aliphatic heterocycles. The van der Waals surface area contributed by atoms with Crippen LogP contribution in [0.15, 0.2) is 12.3 Å². The maximum atomic E-state index is 6.08. The highest BCUT2D eigenvalue weighted by Crippen LogP contribution is 2.32. The maximum Gasteiger partial charge on any atom is 0.177 e. The van der Waals surface area contributed by atoms with E-state index in [4.69, 9.17) is 5.73 Å². The number of aryl methyl sites for hydroxylation is 1. The van der Waals surface area contributed by atoms with Gasteiger partial charge in [-0.25, -0.2) is 9.97 Å². The lowest BCUT2D eigenvalue weighted by molar-refractivity contribution is 0.579. The summed E-state index contributed by atoms with van der Waals surface area (Å²) < 4.78 is 0. The van der Waals surface area contributed by atoms with E-state index in [1.54, 1.807) is 0 Å². The maximum absolute atomic E-state index is 6.08. The van der Waals surface area contributed by atoms with E-state index in [-0.39, 0.29) is 6.04 Å². The van der Waals surface area contributed by atoms with Crippen LogP contribution >= 0.6 is 0 Å². The van der Waals surface area contributed by atoms with Gasteiger partial charge in [0.15, 0.2) is 5.65 Å². The van der Waals surface area contributed by atoms with Gasteiger partial charge in [0.25, 0.3) is 0 Å². The molecule has 0 aromatic carbocycles. The Morgan fingerprint density at radius 1 is 1.56 bits per heavy atom. The van der Waals surface area contributed by atoms with Crippen LogP contribution < -0.4 is 5.73 Å². The highest BCUT2D eigenvalue weighted by Gasteiger charge is 2.29. The van der Waals surface area contributed by atoms with Crippen molar-refractivity contribution in [2.45, 2.75) is 32.2 Å². The number of nitrogens with two attached hydrogens (primary N) is 1. The zero-order valence-corrected chi connectivity index (χ0v) is 9.40. The van der Waals surface area contributed by atoms with Crippen molar-refractivity contribution in [1.29, 1.82) is 0 Å². The van der Waals surface area contributed by atoms with E-state index in [0.29, 0.717) is 5.92 Å². The number of aromatic amines is 1. The van der Waals surface area contributed by atoms with Crippen molar-refractivity contribution >= 4 is 11.2 Å². The number of fused-ring (bicyclic) bond motifs is 1. The van der Waals surface area contributed by atoms with Gasteiger partial charge in [-0.05, 0) is 37.3 Å². The third-order valence-electron chi connectivity index (χ3n) is 3.18. The zero-order valence-electron chi connectivity index (χ0n) is 9.40. The van der Waals surface area contributed by atoms with E-state index in [1.165, 1.54) is 12.8 Å². The van der Waals surface area contributed by atoms with E-state index >= 15 is 0 Å². The molecule has 1 aliphatic carbocycles. The molecule has 3 N–H and O–H groups in total. The average molecular weight is 216 g/mol. The molecule has 0 radical (unpaired) electrons. The Hall–Kier alpha value is -1.42. The largest absolute Gasteiger partial charge is 0.341 e. The first-order valence-corrected chi connectivity index (χ1v) is 5.79. The molecule has 84 valence electrons. The first-order chi connectivity index (χ1) is 7.72. The van der Waals surface area contributed by atoms with Gasteiger partial charge < -0.3 is 10.7 Å². The van der Waals surface area contributed by atoms with E-state index in [9.17, 15) is 0 Å². The molecule has 2 heterocycles. The number of nitrogens with zero attached hydrogens (tertiary/aromatic N) is 2. The minimum absolute atomic E-state index is 0.252. The molecule has 1 saturated carbocycles. The predicted octanol–water partition coefficient (Wildman–Crippen LogP) is 1.55. The van der Waals surface area contributed by atoms with E-state index in [1.807, 2.05) is 13.1 Å². The van der Waals surface area contributed by atoms with Crippen LogP contribution in [-0.2, 0) is 6.42 Å². The van der Waals surface area contributed by atoms with Crippen molar-refractivity contribution in [2.75, 3.05) is 0 Å². The molecular weight excluding hydrogens is 200 g/mol. The van der Waals surface area contributed by atoms with Crippen LogP contribution in [0.25, 0.3) is 11.2 Å². The molecule has 2 aromatic heterocycles. The molecule has 1 unspecified atom stereocenters. The highest BCUT2D eigenvalue weighted by atomic mass is 15.0. The summed E-state index contributed by atoms with van der Waals surface area (Å²) in [6.45, 7) is 2.03. The van der Waals surface area contributed by atoms with Crippen LogP contribution in [0.2, 0.25) is 0 Å². The fourth-order valence-corrected chi connectivity index (χ4v) is 2.07. The number of H-pyrrole nitrogens is 1. The number of imidazole rings is 1. The van der Waals surface area contributed by atoms with E-state index in [2.05, 4.69) is 21.0 Å². The molecule has 16 heavy (non-hydrogen) atoms. The molecule has 1 atom stereocenters. The summed E-state index contributed by atoms with van der Waals surface area (Å²) >= 11 is 0. The third kappa shape index (κ3) is 1.80. The minimum atomic E-state index is 0.252. The van der Waals surface area contributed by atoms with Gasteiger partial charge in [0.2, 0.25) is 0 Å². The second kappa shape index (κ2) is 3.56. The SMILES string of the molecule is Cc1cnc2nc(CC(N)C3CC3)[nH]c2c1. The summed E-state index contributed by atoms with van der Waals surface area (Å²) in [5.74, 6) is 1.68. The second-order valence-corrected chi connectivity index (χ2v) is 4.77. The summed E-state index contributed by atoms with van der Waals surface area (Å²) in [4.78, 5) is 12.0. The molecule has 0 saturated heterocycles. The molecule has 0 spiro atoms. The van der Waals surface area contributed by atoms with Crippen LogP contribution in [0.5, 0.6) is 0 Å². The van der Waals surface area contributed by atoms with Gasteiger partial charge in [-0.1, -0.05) is 0 Å². The van der Waals surface area contributed by atoms with Crippen LogP contribution in [0.1, 0.15) is 24.2 Å². The molecule has 1 aliphatic rings. The third-order valence-corrected chi connectivity index (χ3v) is 3.18. The Morgan fingerprint density at radius 2 is 2.38 bits per heavy atom. The Morgan fingerprint density at radius 3 is 3.12 bits per heavy atom. The van der Waals surface area contributed by atoms with Gasteiger partial charge in [0.1, 0.15) is 5.82 Å². The summed E-state index contributed by atoms with van der Waals surface area (Å²) in [6.07, 6.45) is 5.23. The predicted molar refractivity (Wildman–Crippen MR) is 63.0 cm³/mol. The first-order valence-electron chi connectivity index (χ1n) is 5.79. The highest BCUT2D eigenvalue weighted by molar-refractivity contribution is 5.70.